The molecule has 1 heterocycles. The van der Waals surface area contributed by atoms with E-state index in [1.165, 1.54) is 28.0 Å². The number of hydrogen-bond donors (Lipinski definition) is 1. The van der Waals surface area contributed by atoms with Crippen LogP contribution < -0.4 is 10.2 Å². The van der Waals surface area contributed by atoms with Crippen molar-refractivity contribution >= 4 is 16.9 Å². The van der Waals surface area contributed by atoms with Crippen LogP contribution in [0.5, 0.6) is 0 Å². The number of allylic oxidation sites excluding steroid dienone is 5. The van der Waals surface area contributed by atoms with E-state index in [9.17, 15) is 0 Å². The molecule has 1 aliphatic carbocycles. The van der Waals surface area contributed by atoms with Gasteiger partial charge < -0.3 is 15.0 Å². The van der Waals surface area contributed by atoms with E-state index in [0.29, 0.717) is 0 Å². The van der Waals surface area contributed by atoms with E-state index in [-0.39, 0.29) is 0 Å². The molecular formula is C24H26N2O. The summed E-state index contributed by atoms with van der Waals surface area (Å²) in [5.74, 6) is 0. The van der Waals surface area contributed by atoms with Gasteiger partial charge in [0.1, 0.15) is 0 Å². The first-order valence-electron chi connectivity index (χ1n) is 9.63. The molecule has 0 bridgehead atoms. The summed E-state index contributed by atoms with van der Waals surface area (Å²) < 4.78 is 5.48. The lowest BCUT2D eigenvalue weighted by atomic mass is 9.89. The number of hydrogen-bond acceptors (Lipinski definition) is 3. The normalized spacial score (nSPS) is 18.5. The van der Waals surface area contributed by atoms with Crippen LogP contribution in [-0.2, 0) is 4.74 Å². The van der Waals surface area contributed by atoms with E-state index in [0.717, 1.165) is 38.4 Å². The minimum absolute atomic E-state index is 0.809. The SMILES string of the molecule is CNc1ccccc1/C(=C1/C=CC=CC1)c1ccc(N2CCOCC2)cc1. The van der Waals surface area contributed by atoms with E-state index >= 15 is 0 Å². The highest BCUT2D eigenvalue weighted by Crippen LogP contribution is 2.35. The van der Waals surface area contributed by atoms with Gasteiger partial charge in [0.05, 0.1) is 13.2 Å². The van der Waals surface area contributed by atoms with E-state index in [2.05, 4.69) is 83.1 Å². The van der Waals surface area contributed by atoms with Crippen molar-refractivity contribution in [1.29, 1.82) is 0 Å². The van der Waals surface area contributed by atoms with Crippen molar-refractivity contribution in [2.75, 3.05) is 43.6 Å². The van der Waals surface area contributed by atoms with Crippen molar-refractivity contribution in [3.8, 4) is 0 Å². The fourth-order valence-electron chi connectivity index (χ4n) is 3.79. The number of anilines is 2. The molecule has 1 saturated heterocycles. The first kappa shape index (κ1) is 17.6. The summed E-state index contributed by atoms with van der Waals surface area (Å²) in [5.41, 5.74) is 7.57. The maximum Gasteiger partial charge on any atom is 0.0642 e. The third-order valence-electron chi connectivity index (χ3n) is 5.20. The number of para-hydroxylation sites is 1. The summed E-state index contributed by atoms with van der Waals surface area (Å²) in [6, 6.07) is 17.5. The van der Waals surface area contributed by atoms with Crippen LogP contribution in [0.25, 0.3) is 5.57 Å². The summed E-state index contributed by atoms with van der Waals surface area (Å²) in [5, 5.41) is 3.35. The molecule has 3 nitrogen and oxygen atoms in total. The first-order valence-corrected chi connectivity index (χ1v) is 9.63. The maximum absolute atomic E-state index is 5.48. The van der Waals surface area contributed by atoms with Crippen LogP contribution in [0, 0.1) is 0 Å². The lowest BCUT2D eigenvalue weighted by Gasteiger charge is -2.29. The number of morpholine rings is 1. The predicted octanol–water partition coefficient (Wildman–Crippen LogP) is 4.88. The highest BCUT2D eigenvalue weighted by molar-refractivity contribution is 5.89. The third-order valence-corrected chi connectivity index (χ3v) is 5.20. The van der Waals surface area contributed by atoms with Crippen molar-refractivity contribution in [3.63, 3.8) is 0 Å². The van der Waals surface area contributed by atoms with Crippen LogP contribution in [0.1, 0.15) is 17.5 Å². The van der Waals surface area contributed by atoms with Gasteiger partial charge in [-0.15, -0.1) is 0 Å². The summed E-state index contributed by atoms with van der Waals surface area (Å²) in [6.45, 7) is 3.54. The average molecular weight is 358 g/mol. The van der Waals surface area contributed by atoms with Crippen molar-refractivity contribution in [1.82, 2.24) is 0 Å². The highest BCUT2D eigenvalue weighted by atomic mass is 16.5. The zero-order chi connectivity index (χ0) is 18.5. The van der Waals surface area contributed by atoms with Crippen molar-refractivity contribution < 1.29 is 4.74 Å². The molecule has 27 heavy (non-hydrogen) atoms. The molecule has 0 radical (unpaired) electrons. The Hall–Kier alpha value is -2.78. The molecule has 1 fully saturated rings. The van der Waals surface area contributed by atoms with Gasteiger partial charge in [-0.1, -0.05) is 54.6 Å². The van der Waals surface area contributed by atoms with Gasteiger partial charge in [0.2, 0.25) is 0 Å². The number of nitrogens with one attached hydrogen (secondary N) is 1. The zero-order valence-corrected chi connectivity index (χ0v) is 15.8. The minimum Gasteiger partial charge on any atom is -0.388 e. The van der Waals surface area contributed by atoms with Crippen molar-refractivity contribution in [2.45, 2.75) is 6.42 Å². The fraction of sp³-hybridized carbons (Fsp3) is 0.250. The summed E-state index contributed by atoms with van der Waals surface area (Å²) in [6.07, 6.45) is 9.65. The molecule has 0 amide bonds. The smallest absolute Gasteiger partial charge is 0.0642 e. The summed E-state index contributed by atoms with van der Waals surface area (Å²) >= 11 is 0. The van der Waals surface area contributed by atoms with Crippen molar-refractivity contribution in [3.05, 3.63) is 89.5 Å². The van der Waals surface area contributed by atoms with Gasteiger partial charge in [0.25, 0.3) is 0 Å². The van der Waals surface area contributed by atoms with Crippen LogP contribution in [-0.4, -0.2) is 33.4 Å². The molecule has 138 valence electrons. The monoisotopic (exact) mass is 358 g/mol. The Bertz CT molecular complexity index is 872. The molecule has 2 aromatic carbocycles. The summed E-state index contributed by atoms with van der Waals surface area (Å²) in [7, 11) is 1.99. The van der Waals surface area contributed by atoms with E-state index in [1.54, 1.807) is 0 Å². The fourth-order valence-corrected chi connectivity index (χ4v) is 3.79. The molecule has 0 aromatic heterocycles. The predicted molar refractivity (Wildman–Crippen MR) is 114 cm³/mol. The second kappa shape index (κ2) is 8.28. The molecule has 2 aromatic rings. The number of ether oxygens (including phenoxy) is 1. The Balaban J connectivity index is 1.75. The quantitative estimate of drug-likeness (QED) is 0.843. The van der Waals surface area contributed by atoms with Gasteiger partial charge in [0, 0.05) is 37.1 Å². The van der Waals surface area contributed by atoms with Crippen molar-refractivity contribution in [2.24, 2.45) is 0 Å². The van der Waals surface area contributed by atoms with Crippen LogP contribution in [0.3, 0.4) is 0 Å². The van der Waals surface area contributed by atoms with E-state index in [4.69, 9.17) is 4.74 Å². The number of rotatable bonds is 4. The lowest BCUT2D eigenvalue weighted by molar-refractivity contribution is 0.122. The molecule has 4 rings (SSSR count). The molecule has 1 N–H and O–H groups in total. The molecule has 3 heteroatoms. The average Bonchev–Trinajstić information content (AvgIpc) is 2.76. The van der Waals surface area contributed by atoms with E-state index < -0.39 is 0 Å². The van der Waals surface area contributed by atoms with Gasteiger partial charge >= 0.3 is 0 Å². The van der Waals surface area contributed by atoms with E-state index in [1.807, 2.05) is 7.05 Å². The second-order valence-electron chi connectivity index (χ2n) is 6.83. The Kier molecular flexibility index (Phi) is 5.40. The second-order valence-corrected chi connectivity index (χ2v) is 6.83. The largest absolute Gasteiger partial charge is 0.388 e. The van der Waals surface area contributed by atoms with Crippen LogP contribution in [0.4, 0.5) is 11.4 Å². The van der Waals surface area contributed by atoms with Gasteiger partial charge in [0.15, 0.2) is 0 Å². The molecule has 0 spiro atoms. The highest BCUT2D eigenvalue weighted by Gasteiger charge is 2.16. The molecular weight excluding hydrogens is 332 g/mol. The van der Waals surface area contributed by atoms with Crippen LogP contribution in [0.2, 0.25) is 0 Å². The Labute approximate surface area is 161 Å². The zero-order valence-electron chi connectivity index (χ0n) is 15.8. The maximum atomic E-state index is 5.48. The topological polar surface area (TPSA) is 24.5 Å². The number of benzene rings is 2. The standard InChI is InChI=1S/C24H26N2O/c1-25-23-10-6-5-9-22(23)24(19-7-3-2-4-8-19)20-11-13-21(14-12-20)26-15-17-27-18-16-26/h2-7,9-14,25H,8,15-18H2,1H3/b24-19-. The Morgan fingerprint density at radius 3 is 2.44 bits per heavy atom. The third kappa shape index (κ3) is 3.83. The minimum atomic E-state index is 0.809. The lowest BCUT2D eigenvalue weighted by Crippen LogP contribution is -2.36. The molecule has 0 saturated carbocycles. The molecule has 2 aliphatic rings. The van der Waals surface area contributed by atoms with Gasteiger partial charge in [-0.3, -0.25) is 0 Å². The molecule has 0 unspecified atom stereocenters. The molecule has 0 atom stereocenters. The van der Waals surface area contributed by atoms with Gasteiger partial charge in [-0.2, -0.15) is 0 Å². The first-order chi connectivity index (χ1) is 13.4. The Morgan fingerprint density at radius 1 is 0.963 bits per heavy atom. The van der Waals surface area contributed by atoms with Gasteiger partial charge in [-0.05, 0) is 41.3 Å². The Morgan fingerprint density at radius 2 is 1.74 bits per heavy atom. The van der Waals surface area contributed by atoms with Crippen LogP contribution in [0.15, 0.2) is 78.4 Å². The molecule has 1 aliphatic heterocycles. The van der Waals surface area contributed by atoms with Gasteiger partial charge in [-0.25, -0.2) is 0 Å². The van der Waals surface area contributed by atoms with Crippen LogP contribution >= 0.6 is 0 Å². The number of nitrogens with zero attached hydrogens (tertiary/aromatic N) is 1. The summed E-state index contributed by atoms with van der Waals surface area (Å²) in [4.78, 5) is 2.39.